The van der Waals surface area contributed by atoms with Gasteiger partial charge in [0.25, 0.3) is 0 Å². The van der Waals surface area contributed by atoms with Crippen LogP contribution in [0, 0.1) is 0 Å². The average molecular weight is 328 g/mol. The minimum absolute atomic E-state index is 1.09. The molecule has 0 radical (unpaired) electrons. The van der Waals surface area contributed by atoms with Crippen molar-refractivity contribution in [3.05, 3.63) is 35.9 Å². The molecule has 1 aromatic carbocycles. The van der Waals surface area contributed by atoms with Gasteiger partial charge in [-0.25, -0.2) is 0 Å². The van der Waals surface area contributed by atoms with Crippen LogP contribution in [0.3, 0.4) is 0 Å². The average Bonchev–Trinajstić information content (AvgIpc) is 2.19. The van der Waals surface area contributed by atoms with E-state index in [2.05, 4.69) is 64.3 Å². The van der Waals surface area contributed by atoms with Crippen molar-refractivity contribution in [3.63, 3.8) is 0 Å². The molecule has 0 aromatic heterocycles. The van der Waals surface area contributed by atoms with Gasteiger partial charge in [0.15, 0.2) is 0 Å². The zero-order valence-electron chi connectivity index (χ0n) is 11.5. The molecular weight excluding hydrogens is 301 g/mol. The van der Waals surface area contributed by atoms with Crippen molar-refractivity contribution in [1.82, 2.24) is 5.32 Å². The topological polar surface area (TPSA) is 12.0 Å². The van der Waals surface area contributed by atoms with Gasteiger partial charge in [-0.15, -0.1) is 0 Å². The quantitative estimate of drug-likeness (QED) is 0.831. The Balaban J connectivity index is 0.000000385. The van der Waals surface area contributed by atoms with Gasteiger partial charge in [-0.1, -0.05) is 13.8 Å². The number of nitrogens with one attached hydrogen (secondary N) is 1. The fourth-order valence-corrected chi connectivity index (χ4v) is 5.63. The Morgan fingerprint density at radius 2 is 1.44 bits per heavy atom. The van der Waals surface area contributed by atoms with Crippen LogP contribution in [0.1, 0.15) is 19.4 Å². The first-order valence-corrected chi connectivity index (χ1v) is 16.8. The number of rotatable bonds is 4. The Morgan fingerprint density at radius 1 is 0.938 bits per heavy atom. The van der Waals surface area contributed by atoms with Gasteiger partial charge < -0.3 is 5.32 Å². The first kappa shape index (κ1) is 16.0. The van der Waals surface area contributed by atoms with Gasteiger partial charge in [-0.2, -0.15) is 0 Å². The summed E-state index contributed by atoms with van der Waals surface area (Å²) < 4.78 is 1.37. The molecule has 0 saturated heterocycles. The standard InChI is InChI=1S/C7H7.C4H11N.3CH3.Sn/c1-7-5-3-2-4-6-7;1-3-5-4-2;;;;/h2-6H,1H2;5H,3-4H2,1-2H3;3*1H3;. The molecule has 0 bridgehead atoms. The Bertz CT molecular complexity index is 249. The van der Waals surface area contributed by atoms with Gasteiger partial charge in [-0.05, 0) is 13.1 Å². The number of hydrogen-bond acceptors (Lipinski definition) is 1. The van der Waals surface area contributed by atoms with Crippen LogP contribution in [0.25, 0.3) is 0 Å². The third kappa shape index (κ3) is 10.5. The molecule has 2 heteroatoms. The SMILES string of the molecule is CCNCC.[CH3][Sn]([CH3])([CH3])[CH2]c1ccccc1. The van der Waals surface area contributed by atoms with E-state index in [1.54, 1.807) is 0 Å². The van der Waals surface area contributed by atoms with Gasteiger partial charge in [0.1, 0.15) is 0 Å². The third-order valence-electron chi connectivity index (χ3n) is 2.08. The fraction of sp³-hybridized carbons (Fsp3) is 0.571. The minimum atomic E-state index is -1.56. The van der Waals surface area contributed by atoms with Crippen LogP contribution in [0.2, 0.25) is 14.8 Å². The molecule has 0 fully saturated rings. The van der Waals surface area contributed by atoms with Crippen molar-refractivity contribution in [2.24, 2.45) is 0 Å². The van der Waals surface area contributed by atoms with E-state index in [4.69, 9.17) is 0 Å². The maximum absolute atomic E-state index is 3.11. The molecule has 92 valence electrons. The molecule has 1 aromatic rings. The molecule has 0 aliphatic rings. The zero-order valence-corrected chi connectivity index (χ0v) is 14.4. The summed E-state index contributed by atoms with van der Waals surface area (Å²) in [6.45, 7) is 6.39. The molecule has 0 spiro atoms. The van der Waals surface area contributed by atoms with Gasteiger partial charge in [-0.3, -0.25) is 0 Å². The van der Waals surface area contributed by atoms with E-state index in [-0.39, 0.29) is 0 Å². The summed E-state index contributed by atoms with van der Waals surface area (Å²) in [7, 11) is 0. The van der Waals surface area contributed by atoms with Crippen LogP contribution in [0.15, 0.2) is 30.3 Å². The molecule has 1 N–H and O–H groups in total. The normalized spacial score (nSPS) is 10.6. The Morgan fingerprint density at radius 3 is 1.75 bits per heavy atom. The summed E-state index contributed by atoms with van der Waals surface area (Å²) in [4.78, 5) is 7.42. The first-order valence-electron chi connectivity index (χ1n) is 6.24. The summed E-state index contributed by atoms with van der Waals surface area (Å²) in [5, 5.41) is 3.11. The van der Waals surface area contributed by atoms with Gasteiger partial charge >= 0.3 is 73.5 Å². The zero-order chi connectivity index (χ0) is 12.4. The van der Waals surface area contributed by atoms with Gasteiger partial charge in [0.05, 0.1) is 0 Å². The van der Waals surface area contributed by atoms with Crippen LogP contribution in [-0.2, 0) is 4.44 Å². The van der Waals surface area contributed by atoms with Crippen molar-refractivity contribution < 1.29 is 0 Å². The molecular formula is C14H27NSn. The van der Waals surface area contributed by atoms with E-state index in [9.17, 15) is 0 Å². The molecule has 0 aliphatic carbocycles. The summed E-state index contributed by atoms with van der Waals surface area (Å²) in [6.07, 6.45) is 0. The molecule has 16 heavy (non-hydrogen) atoms. The van der Waals surface area contributed by atoms with E-state index in [1.165, 1.54) is 10.0 Å². The van der Waals surface area contributed by atoms with Crippen LogP contribution in [-0.4, -0.2) is 31.5 Å². The van der Waals surface area contributed by atoms with Crippen molar-refractivity contribution >= 4 is 18.4 Å². The Labute approximate surface area is 106 Å². The second kappa shape index (κ2) is 9.06. The predicted octanol–water partition coefficient (Wildman–Crippen LogP) is 3.72. The van der Waals surface area contributed by atoms with Crippen molar-refractivity contribution in [2.45, 2.75) is 33.1 Å². The molecule has 0 aliphatic heterocycles. The van der Waals surface area contributed by atoms with Gasteiger partial charge in [0, 0.05) is 0 Å². The number of hydrogen-bond donors (Lipinski definition) is 1. The van der Waals surface area contributed by atoms with Crippen molar-refractivity contribution in [1.29, 1.82) is 0 Å². The second-order valence-electron chi connectivity index (χ2n) is 5.18. The predicted molar refractivity (Wildman–Crippen MR) is 77.7 cm³/mol. The van der Waals surface area contributed by atoms with Crippen LogP contribution >= 0.6 is 0 Å². The third-order valence-corrected chi connectivity index (χ3v) is 6.27. The van der Waals surface area contributed by atoms with Crippen LogP contribution < -0.4 is 5.32 Å². The molecule has 0 heterocycles. The van der Waals surface area contributed by atoms with Crippen LogP contribution in [0.4, 0.5) is 0 Å². The molecule has 0 unspecified atom stereocenters. The summed E-state index contributed by atoms with van der Waals surface area (Å²) >= 11 is -1.56. The fourth-order valence-electron chi connectivity index (χ4n) is 1.46. The van der Waals surface area contributed by atoms with E-state index < -0.39 is 18.4 Å². The monoisotopic (exact) mass is 329 g/mol. The number of benzene rings is 1. The van der Waals surface area contributed by atoms with E-state index >= 15 is 0 Å². The van der Waals surface area contributed by atoms with E-state index in [0.29, 0.717) is 0 Å². The first-order chi connectivity index (χ1) is 7.49. The summed E-state index contributed by atoms with van der Waals surface area (Å²) in [6, 6.07) is 10.8. The Kier molecular flexibility index (Phi) is 9.04. The van der Waals surface area contributed by atoms with Crippen molar-refractivity contribution in [3.8, 4) is 0 Å². The van der Waals surface area contributed by atoms with Crippen molar-refractivity contribution in [2.75, 3.05) is 13.1 Å². The molecule has 0 saturated carbocycles. The maximum atomic E-state index is 3.11. The second-order valence-corrected chi connectivity index (χ2v) is 20.8. The summed E-state index contributed by atoms with van der Waals surface area (Å²) in [5.74, 6) is 0. The molecule has 1 nitrogen and oxygen atoms in total. The molecule has 0 amide bonds. The van der Waals surface area contributed by atoms with E-state index in [0.717, 1.165) is 13.1 Å². The van der Waals surface area contributed by atoms with Gasteiger partial charge in [0.2, 0.25) is 0 Å². The molecule has 0 atom stereocenters. The Hall–Kier alpha value is -0.0213. The summed E-state index contributed by atoms with van der Waals surface area (Å²) in [5.41, 5.74) is 1.52. The van der Waals surface area contributed by atoms with E-state index in [1.807, 2.05) is 0 Å². The van der Waals surface area contributed by atoms with Crippen LogP contribution in [0.5, 0.6) is 0 Å². The molecule has 1 rings (SSSR count).